The Labute approximate surface area is 143 Å². The van der Waals surface area contributed by atoms with Crippen molar-refractivity contribution in [1.29, 1.82) is 0 Å². The maximum absolute atomic E-state index is 12.5. The van der Waals surface area contributed by atoms with Crippen molar-refractivity contribution >= 4 is 23.3 Å². The zero-order valence-corrected chi connectivity index (χ0v) is 14.2. The molecule has 0 aliphatic carbocycles. The topological polar surface area (TPSA) is 60.9 Å². The van der Waals surface area contributed by atoms with E-state index in [9.17, 15) is 9.59 Å². The molecular formula is C19H26N2O3. The third-order valence-electron chi connectivity index (χ3n) is 5.02. The number of nitrogens with zero attached hydrogens (tertiary/aromatic N) is 2. The highest BCUT2D eigenvalue weighted by molar-refractivity contribution is 5.96. The summed E-state index contributed by atoms with van der Waals surface area (Å²) in [5.41, 5.74) is 3.57. The van der Waals surface area contributed by atoms with Crippen LogP contribution < -0.4 is 9.80 Å². The van der Waals surface area contributed by atoms with Crippen molar-refractivity contribution in [1.82, 2.24) is 0 Å². The van der Waals surface area contributed by atoms with E-state index < -0.39 is 5.97 Å². The van der Waals surface area contributed by atoms with Gasteiger partial charge < -0.3 is 14.9 Å². The number of rotatable bonds is 7. The molecule has 2 aliphatic heterocycles. The first-order valence-corrected chi connectivity index (χ1v) is 9.05. The Morgan fingerprint density at radius 3 is 2.50 bits per heavy atom. The third kappa shape index (κ3) is 3.89. The average molecular weight is 330 g/mol. The number of aliphatic carboxylic acids is 1. The molecule has 3 rings (SSSR count). The standard InChI is InChI=1S/C19H26N2O3/c22-18(6-2-1-3-7-19(23)24)21-13-10-15-8-9-16(14-17(15)21)20-11-4-5-12-20/h8-9,14H,1-7,10-13H2,(H,23,24). The Balaban J connectivity index is 1.57. The first-order chi connectivity index (χ1) is 11.6. The van der Waals surface area contributed by atoms with Gasteiger partial charge in [0.25, 0.3) is 0 Å². The van der Waals surface area contributed by atoms with Gasteiger partial charge in [-0.25, -0.2) is 0 Å². The average Bonchev–Trinajstić information content (AvgIpc) is 3.23. The van der Waals surface area contributed by atoms with Crippen LogP contribution in [0.4, 0.5) is 11.4 Å². The fraction of sp³-hybridized carbons (Fsp3) is 0.579. The molecule has 0 saturated carbocycles. The number of hydrogen-bond donors (Lipinski definition) is 1. The van der Waals surface area contributed by atoms with E-state index in [2.05, 4.69) is 23.1 Å². The van der Waals surface area contributed by atoms with Crippen LogP contribution in [0.25, 0.3) is 0 Å². The second-order valence-electron chi connectivity index (χ2n) is 6.76. The fourth-order valence-corrected chi connectivity index (χ4v) is 3.66. The summed E-state index contributed by atoms with van der Waals surface area (Å²) >= 11 is 0. The first-order valence-electron chi connectivity index (χ1n) is 9.05. The highest BCUT2D eigenvalue weighted by Crippen LogP contribution is 2.33. The lowest BCUT2D eigenvalue weighted by Gasteiger charge is -2.22. The van der Waals surface area contributed by atoms with E-state index in [1.807, 2.05) is 4.90 Å². The molecule has 2 heterocycles. The molecule has 0 radical (unpaired) electrons. The molecule has 1 amide bonds. The van der Waals surface area contributed by atoms with Gasteiger partial charge in [0.05, 0.1) is 0 Å². The van der Waals surface area contributed by atoms with Crippen LogP contribution in [-0.4, -0.2) is 36.6 Å². The van der Waals surface area contributed by atoms with E-state index in [0.717, 1.165) is 44.6 Å². The molecule has 5 heteroatoms. The summed E-state index contributed by atoms with van der Waals surface area (Å²) in [5, 5.41) is 8.64. The number of benzene rings is 1. The molecule has 0 aromatic heterocycles. The van der Waals surface area contributed by atoms with Gasteiger partial charge in [-0.15, -0.1) is 0 Å². The van der Waals surface area contributed by atoms with Crippen LogP contribution in [0.1, 0.15) is 50.5 Å². The van der Waals surface area contributed by atoms with Gasteiger partial charge in [0, 0.05) is 43.9 Å². The normalized spacial score (nSPS) is 16.5. The van der Waals surface area contributed by atoms with Gasteiger partial charge >= 0.3 is 5.97 Å². The number of carbonyl (C=O) groups is 2. The Kier molecular flexibility index (Phi) is 5.38. The molecule has 0 atom stereocenters. The number of hydrogen-bond acceptors (Lipinski definition) is 3. The zero-order chi connectivity index (χ0) is 16.9. The second kappa shape index (κ2) is 7.69. The Morgan fingerprint density at radius 1 is 1.00 bits per heavy atom. The lowest BCUT2D eigenvalue weighted by molar-refractivity contribution is -0.137. The van der Waals surface area contributed by atoms with E-state index in [1.54, 1.807) is 0 Å². The molecule has 0 spiro atoms. The van der Waals surface area contributed by atoms with Crippen molar-refractivity contribution < 1.29 is 14.7 Å². The molecule has 1 N–H and O–H groups in total. The first kappa shape index (κ1) is 16.8. The van der Waals surface area contributed by atoms with Crippen LogP contribution in [0.15, 0.2) is 18.2 Å². The van der Waals surface area contributed by atoms with Gasteiger partial charge in [0.15, 0.2) is 0 Å². The predicted octanol–water partition coefficient (Wildman–Crippen LogP) is 3.21. The molecule has 24 heavy (non-hydrogen) atoms. The van der Waals surface area contributed by atoms with E-state index in [1.165, 1.54) is 24.1 Å². The largest absolute Gasteiger partial charge is 0.481 e. The molecule has 2 aliphatic rings. The monoisotopic (exact) mass is 330 g/mol. The van der Waals surface area contributed by atoms with Crippen LogP contribution in [0, 0.1) is 0 Å². The minimum absolute atomic E-state index is 0.169. The van der Waals surface area contributed by atoms with Gasteiger partial charge in [0.2, 0.25) is 5.91 Å². The number of unbranched alkanes of at least 4 members (excludes halogenated alkanes) is 2. The van der Waals surface area contributed by atoms with Gasteiger partial charge in [-0.1, -0.05) is 12.5 Å². The molecule has 1 aromatic rings. The van der Waals surface area contributed by atoms with Crippen LogP contribution in [0.2, 0.25) is 0 Å². The van der Waals surface area contributed by atoms with Gasteiger partial charge in [0.1, 0.15) is 0 Å². The summed E-state index contributed by atoms with van der Waals surface area (Å²) in [6.45, 7) is 2.99. The van der Waals surface area contributed by atoms with Crippen molar-refractivity contribution in [2.75, 3.05) is 29.4 Å². The molecule has 1 fully saturated rings. The van der Waals surface area contributed by atoms with Crippen molar-refractivity contribution in [3.8, 4) is 0 Å². The Morgan fingerprint density at radius 2 is 1.75 bits per heavy atom. The maximum Gasteiger partial charge on any atom is 0.303 e. The van der Waals surface area contributed by atoms with Crippen molar-refractivity contribution in [3.63, 3.8) is 0 Å². The van der Waals surface area contributed by atoms with Crippen molar-refractivity contribution in [2.45, 2.75) is 51.4 Å². The Hall–Kier alpha value is -2.04. The van der Waals surface area contributed by atoms with Crippen LogP contribution in [0.3, 0.4) is 0 Å². The summed E-state index contributed by atoms with van der Waals surface area (Å²) in [6, 6.07) is 6.53. The minimum atomic E-state index is -0.760. The smallest absolute Gasteiger partial charge is 0.303 e. The van der Waals surface area contributed by atoms with E-state index in [4.69, 9.17) is 5.11 Å². The quantitative estimate of drug-likeness (QED) is 0.780. The van der Waals surface area contributed by atoms with E-state index in [0.29, 0.717) is 12.8 Å². The summed E-state index contributed by atoms with van der Waals surface area (Å²) in [4.78, 5) is 27.4. The molecular weight excluding hydrogens is 304 g/mol. The summed E-state index contributed by atoms with van der Waals surface area (Å²) in [5.74, 6) is -0.591. The number of anilines is 2. The summed E-state index contributed by atoms with van der Waals surface area (Å²) in [7, 11) is 0. The van der Waals surface area contributed by atoms with Crippen molar-refractivity contribution in [2.24, 2.45) is 0 Å². The predicted molar refractivity (Wildman–Crippen MR) is 94.7 cm³/mol. The molecule has 5 nitrogen and oxygen atoms in total. The van der Waals surface area contributed by atoms with Gasteiger partial charge in [-0.3, -0.25) is 9.59 Å². The maximum atomic E-state index is 12.5. The van der Waals surface area contributed by atoms with Gasteiger partial charge in [-0.2, -0.15) is 0 Å². The number of fused-ring (bicyclic) bond motifs is 1. The summed E-state index contributed by atoms with van der Waals surface area (Å²) in [6.07, 6.45) is 6.34. The minimum Gasteiger partial charge on any atom is -0.481 e. The highest BCUT2D eigenvalue weighted by Gasteiger charge is 2.25. The van der Waals surface area contributed by atoms with E-state index in [-0.39, 0.29) is 12.3 Å². The lowest BCUT2D eigenvalue weighted by Crippen LogP contribution is -2.28. The SMILES string of the molecule is O=C(O)CCCCCC(=O)N1CCc2ccc(N3CCCC3)cc21. The van der Waals surface area contributed by atoms with Crippen LogP contribution in [0.5, 0.6) is 0 Å². The molecule has 1 aromatic carbocycles. The molecule has 0 bridgehead atoms. The zero-order valence-electron chi connectivity index (χ0n) is 14.2. The number of carboxylic acid groups (broad SMARTS) is 1. The molecule has 0 unspecified atom stereocenters. The summed E-state index contributed by atoms with van der Waals surface area (Å²) < 4.78 is 0. The van der Waals surface area contributed by atoms with E-state index >= 15 is 0 Å². The fourth-order valence-electron chi connectivity index (χ4n) is 3.66. The Bertz CT molecular complexity index is 609. The number of carboxylic acids is 1. The lowest BCUT2D eigenvalue weighted by atomic mass is 10.1. The number of amides is 1. The van der Waals surface area contributed by atoms with Gasteiger partial charge in [-0.05, 0) is 49.8 Å². The van der Waals surface area contributed by atoms with Crippen LogP contribution >= 0.6 is 0 Å². The molecule has 1 saturated heterocycles. The number of carbonyl (C=O) groups excluding carboxylic acids is 1. The molecule has 130 valence electrons. The highest BCUT2D eigenvalue weighted by atomic mass is 16.4. The van der Waals surface area contributed by atoms with Crippen molar-refractivity contribution in [3.05, 3.63) is 23.8 Å². The second-order valence-corrected chi connectivity index (χ2v) is 6.76. The van der Waals surface area contributed by atoms with Crippen LogP contribution in [-0.2, 0) is 16.0 Å². The third-order valence-corrected chi connectivity index (χ3v) is 5.02.